The molecule has 7 heteroatoms. The molecule has 29 heavy (non-hydrogen) atoms. The predicted molar refractivity (Wildman–Crippen MR) is 113 cm³/mol. The molecule has 0 N–H and O–H groups in total. The second-order valence-corrected chi connectivity index (χ2v) is 7.84. The SMILES string of the molecule is O=C1c2oc(-c3ccccc3)cc(=O)c2C(c2ccc(Cl)cc2)N1c1nccs1. The van der Waals surface area contributed by atoms with Gasteiger partial charge in [0.15, 0.2) is 10.6 Å². The van der Waals surface area contributed by atoms with Crippen molar-refractivity contribution in [3.05, 3.63) is 104 Å². The number of benzene rings is 2. The van der Waals surface area contributed by atoms with E-state index in [2.05, 4.69) is 4.98 Å². The Morgan fingerprint density at radius 3 is 2.48 bits per heavy atom. The zero-order valence-corrected chi connectivity index (χ0v) is 16.5. The number of hydrogen-bond acceptors (Lipinski definition) is 5. The highest BCUT2D eigenvalue weighted by Gasteiger charge is 2.44. The summed E-state index contributed by atoms with van der Waals surface area (Å²) in [5.41, 5.74) is 1.55. The maximum Gasteiger partial charge on any atom is 0.297 e. The van der Waals surface area contributed by atoms with Gasteiger partial charge < -0.3 is 4.42 Å². The molecule has 0 fully saturated rings. The highest BCUT2D eigenvalue weighted by atomic mass is 35.5. The molecule has 2 aromatic heterocycles. The Morgan fingerprint density at radius 1 is 1.03 bits per heavy atom. The lowest BCUT2D eigenvalue weighted by molar-refractivity contribution is 0.0969. The van der Waals surface area contributed by atoms with E-state index in [1.165, 1.54) is 22.3 Å². The number of nitrogens with zero attached hydrogens (tertiary/aromatic N) is 2. The van der Waals surface area contributed by atoms with Gasteiger partial charge in [-0.25, -0.2) is 4.98 Å². The molecule has 5 nitrogen and oxygen atoms in total. The molecule has 4 aromatic rings. The Balaban J connectivity index is 1.73. The zero-order chi connectivity index (χ0) is 20.0. The van der Waals surface area contributed by atoms with Crippen LogP contribution in [-0.4, -0.2) is 10.9 Å². The average molecular weight is 421 g/mol. The molecule has 0 bridgehead atoms. The molecular formula is C22H13ClN2O3S. The Bertz CT molecular complexity index is 1250. The number of aromatic nitrogens is 1. The molecule has 5 rings (SSSR count). The van der Waals surface area contributed by atoms with Gasteiger partial charge in [-0.2, -0.15) is 0 Å². The summed E-state index contributed by atoms with van der Waals surface area (Å²) in [5, 5.41) is 2.86. The highest BCUT2D eigenvalue weighted by molar-refractivity contribution is 7.13. The van der Waals surface area contributed by atoms with Crippen molar-refractivity contribution in [2.24, 2.45) is 0 Å². The van der Waals surface area contributed by atoms with Gasteiger partial charge in [0, 0.05) is 28.2 Å². The summed E-state index contributed by atoms with van der Waals surface area (Å²) < 4.78 is 5.96. The van der Waals surface area contributed by atoms with Gasteiger partial charge in [-0.1, -0.05) is 54.1 Å². The Hall–Kier alpha value is -3.22. The number of halogens is 1. The van der Waals surface area contributed by atoms with E-state index in [9.17, 15) is 9.59 Å². The van der Waals surface area contributed by atoms with Crippen LogP contribution < -0.4 is 10.3 Å². The molecular weight excluding hydrogens is 408 g/mol. The number of carbonyl (C=O) groups excluding carboxylic acids is 1. The number of amides is 1. The number of fused-ring (bicyclic) bond motifs is 1. The average Bonchev–Trinajstić information content (AvgIpc) is 3.36. The normalized spacial score (nSPS) is 15.6. The van der Waals surface area contributed by atoms with Gasteiger partial charge in [-0.05, 0) is 17.7 Å². The van der Waals surface area contributed by atoms with Gasteiger partial charge in [0.05, 0.1) is 11.6 Å². The fraction of sp³-hybridized carbons (Fsp3) is 0.0455. The number of rotatable bonds is 3. The van der Waals surface area contributed by atoms with Crippen LogP contribution in [-0.2, 0) is 0 Å². The van der Waals surface area contributed by atoms with Gasteiger partial charge in [0.2, 0.25) is 5.76 Å². The molecule has 0 radical (unpaired) electrons. The summed E-state index contributed by atoms with van der Waals surface area (Å²) in [6.45, 7) is 0. The first-order valence-electron chi connectivity index (χ1n) is 8.85. The highest BCUT2D eigenvalue weighted by Crippen LogP contribution is 2.41. The van der Waals surface area contributed by atoms with Crippen LogP contribution in [0.1, 0.15) is 27.7 Å². The van der Waals surface area contributed by atoms with Crippen LogP contribution in [0.5, 0.6) is 0 Å². The first-order valence-corrected chi connectivity index (χ1v) is 10.1. The molecule has 1 aliphatic rings. The van der Waals surface area contributed by atoms with Crippen molar-refractivity contribution in [1.82, 2.24) is 4.98 Å². The predicted octanol–water partition coefficient (Wildman–Crippen LogP) is 5.17. The largest absolute Gasteiger partial charge is 0.450 e. The van der Waals surface area contributed by atoms with Gasteiger partial charge in [0.25, 0.3) is 5.91 Å². The minimum Gasteiger partial charge on any atom is -0.450 e. The van der Waals surface area contributed by atoms with Crippen molar-refractivity contribution in [1.29, 1.82) is 0 Å². The second-order valence-electron chi connectivity index (χ2n) is 6.53. The van der Waals surface area contributed by atoms with Crippen LogP contribution in [0.25, 0.3) is 11.3 Å². The lowest BCUT2D eigenvalue weighted by Crippen LogP contribution is -2.29. The van der Waals surface area contributed by atoms with E-state index in [1.54, 1.807) is 35.8 Å². The second kappa shape index (κ2) is 6.99. The smallest absolute Gasteiger partial charge is 0.297 e. The van der Waals surface area contributed by atoms with Crippen molar-refractivity contribution in [3.63, 3.8) is 0 Å². The molecule has 0 spiro atoms. The van der Waals surface area contributed by atoms with Crippen molar-refractivity contribution < 1.29 is 9.21 Å². The van der Waals surface area contributed by atoms with Crippen molar-refractivity contribution in [2.45, 2.75) is 6.04 Å². The number of carbonyl (C=O) groups is 1. The first-order chi connectivity index (χ1) is 14.1. The molecule has 2 aromatic carbocycles. The molecule has 3 heterocycles. The summed E-state index contributed by atoms with van der Waals surface area (Å²) in [5.74, 6) is 0.0230. The van der Waals surface area contributed by atoms with Gasteiger partial charge in [0.1, 0.15) is 5.76 Å². The van der Waals surface area contributed by atoms with Gasteiger partial charge in [-0.3, -0.25) is 14.5 Å². The van der Waals surface area contributed by atoms with Crippen LogP contribution >= 0.6 is 22.9 Å². The molecule has 0 saturated heterocycles. The lowest BCUT2D eigenvalue weighted by atomic mass is 9.99. The molecule has 142 valence electrons. The van der Waals surface area contributed by atoms with Crippen LogP contribution in [0.3, 0.4) is 0 Å². The number of hydrogen-bond donors (Lipinski definition) is 0. The van der Waals surface area contributed by atoms with Crippen LogP contribution in [0.4, 0.5) is 5.13 Å². The van der Waals surface area contributed by atoms with Crippen molar-refractivity contribution in [3.8, 4) is 11.3 Å². The third-order valence-corrected chi connectivity index (χ3v) is 5.82. The summed E-state index contributed by atoms with van der Waals surface area (Å²) >= 11 is 7.36. The number of thiazole rings is 1. The quantitative estimate of drug-likeness (QED) is 0.459. The van der Waals surface area contributed by atoms with E-state index in [-0.39, 0.29) is 17.1 Å². The van der Waals surface area contributed by atoms with Crippen molar-refractivity contribution >= 4 is 34.0 Å². The molecule has 1 amide bonds. The van der Waals surface area contributed by atoms with E-state index in [1.807, 2.05) is 30.3 Å². The topological polar surface area (TPSA) is 63.4 Å². The summed E-state index contributed by atoms with van der Waals surface area (Å²) in [4.78, 5) is 32.3. The zero-order valence-electron chi connectivity index (χ0n) is 14.9. The molecule has 1 aliphatic heterocycles. The Labute approximate surface area is 174 Å². The summed E-state index contributed by atoms with van der Waals surface area (Å²) in [6.07, 6.45) is 1.62. The lowest BCUT2D eigenvalue weighted by Gasteiger charge is -2.22. The van der Waals surface area contributed by atoms with E-state index < -0.39 is 6.04 Å². The Kier molecular flexibility index (Phi) is 4.30. The van der Waals surface area contributed by atoms with E-state index in [4.69, 9.17) is 16.0 Å². The van der Waals surface area contributed by atoms with Gasteiger partial charge >= 0.3 is 0 Å². The minimum absolute atomic E-state index is 0.0477. The number of anilines is 1. The molecule has 0 aliphatic carbocycles. The summed E-state index contributed by atoms with van der Waals surface area (Å²) in [6, 6.07) is 17.1. The van der Waals surface area contributed by atoms with E-state index in [0.717, 1.165) is 11.1 Å². The fourth-order valence-electron chi connectivity index (χ4n) is 3.51. The van der Waals surface area contributed by atoms with Crippen LogP contribution in [0.15, 0.2) is 81.5 Å². The van der Waals surface area contributed by atoms with E-state index in [0.29, 0.717) is 21.5 Å². The third-order valence-electron chi connectivity index (χ3n) is 4.80. The standard InChI is InChI=1S/C22H13ClN2O3S/c23-15-8-6-14(7-9-15)19-18-16(26)12-17(13-4-2-1-3-5-13)28-20(18)21(27)25(19)22-24-10-11-29-22/h1-12,19H. The van der Waals surface area contributed by atoms with E-state index >= 15 is 0 Å². The third kappa shape index (κ3) is 2.97. The maximum atomic E-state index is 13.3. The Morgan fingerprint density at radius 2 is 1.79 bits per heavy atom. The molecule has 1 unspecified atom stereocenters. The first kappa shape index (κ1) is 17.8. The molecule has 0 saturated carbocycles. The van der Waals surface area contributed by atoms with Crippen LogP contribution in [0, 0.1) is 0 Å². The van der Waals surface area contributed by atoms with Gasteiger partial charge in [-0.15, -0.1) is 11.3 Å². The monoisotopic (exact) mass is 420 g/mol. The molecule has 1 atom stereocenters. The fourth-order valence-corrected chi connectivity index (χ4v) is 4.31. The van der Waals surface area contributed by atoms with Crippen LogP contribution in [0.2, 0.25) is 5.02 Å². The maximum absolute atomic E-state index is 13.3. The van der Waals surface area contributed by atoms with Crippen molar-refractivity contribution in [2.75, 3.05) is 4.90 Å². The minimum atomic E-state index is -0.623. The summed E-state index contributed by atoms with van der Waals surface area (Å²) in [7, 11) is 0.